The summed E-state index contributed by atoms with van der Waals surface area (Å²) >= 11 is 0. The number of nitrogens with one attached hydrogen (secondary N) is 1. The number of hydrogen-bond donors (Lipinski definition) is 2. The highest BCUT2D eigenvalue weighted by Crippen LogP contribution is 2.16. The monoisotopic (exact) mass is 267 g/mol. The highest BCUT2D eigenvalue weighted by molar-refractivity contribution is 5.81. The zero-order chi connectivity index (χ0) is 13.8. The van der Waals surface area contributed by atoms with E-state index in [2.05, 4.69) is 20.4 Å². The molecule has 1 aliphatic heterocycles. The van der Waals surface area contributed by atoms with E-state index in [1.807, 2.05) is 0 Å². The molecule has 0 bridgehead atoms. The fourth-order valence-corrected chi connectivity index (χ4v) is 1.80. The van der Waals surface area contributed by atoms with Crippen LogP contribution in [0, 0.1) is 0 Å². The Morgan fingerprint density at radius 2 is 2.11 bits per heavy atom. The van der Waals surface area contributed by atoms with Crippen molar-refractivity contribution in [2.75, 3.05) is 44.1 Å². The van der Waals surface area contributed by atoms with Crippen molar-refractivity contribution in [3.8, 4) is 6.01 Å². The molecule has 19 heavy (non-hydrogen) atoms. The van der Waals surface area contributed by atoms with Crippen LogP contribution in [0.15, 0.2) is 0 Å². The minimum Gasteiger partial charge on any atom is -0.467 e. The largest absolute Gasteiger partial charge is 0.467 e. The van der Waals surface area contributed by atoms with Crippen LogP contribution in [0.4, 0.5) is 11.9 Å². The number of likely N-dealkylation sites (N-methyl/N-ethyl adjacent to an activating group) is 1. The van der Waals surface area contributed by atoms with Gasteiger partial charge in [0.25, 0.3) is 0 Å². The van der Waals surface area contributed by atoms with Crippen LogP contribution >= 0.6 is 0 Å². The van der Waals surface area contributed by atoms with E-state index in [9.17, 15) is 4.79 Å². The predicted molar refractivity (Wildman–Crippen MR) is 68.7 cm³/mol. The first-order valence-corrected chi connectivity index (χ1v) is 5.89. The summed E-state index contributed by atoms with van der Waals surface area (Å²) in [7, 11) is 3.24. The molecular weight excluding hydrogens is 250 g/mol. The van der Waals surface area contributed by atoms with Gasteiger partial charge >= 0.3 is 6.01 Å². The van der Waals surface area contributed by atoms with Gasteiger partial charge in [0.1, 0.15) is 0 Å². The third-order valence-corrected chi connectivity index (χ3v) is 2.87. The molecule has 0 saturated carbocycles. The van der Waals surface area contributed by atoms with Crippen LogP contribution in [0.5, 0.6) is 6.01 Å². The minimum absolute atomic E-state index is 0.0270. The number of hydrazine groups is 1. The standard InChI is InChI=1S/C10H17N7O2/c1-16-4-3-5-17(6-7(16)18)9-12-8(15-11)13-10(14-9)19-2/h3-6,11H2,1-2H3,(H,12,13,14,15). The molecule has 1 saturated heterocycles. The van der Waals surface area contributed by atoms with E-state index in [1.165, 1.54) is 7.11 Å². The third-order valence-electron chi connectivity index (χ3n) is 2.87. The van der Waals surface area contributed by atoms with E-state index >= 15 is 0 Å². The average molecular weight is 267 g/mol. The van der Waals surface area contributed by atoms with E-state index in [0.717, 1.165) is 13.0 Å². The van der Waals surface area contributed by atoms with Crippen LogP contribution in [-0.2, 0) is 4.79 Å². The van der Waals surface area contributed by atoms with E-state index < -0.39 is 0 Å². The predicted octanol–water partition coefficient (Wildman–Crippen LogP) is -1.17. The van der Waals surface area contributed by atoms with E-state index in [0.29, 0.717) is 12.5 Å². The Kier molecular flexibility index (Phi) is 3.95. The Labute approximate surface area is 110 Å². The Hall–Kier alpha value is -2.16. The lowest BCUT2D eigenvalue weighted by molar-refractivity contribution is -0.127. The van der Waals surface area contributed by atoms with Gasteiger partial charge in [-0.1, -0.05) is 0 Å². The molecule has 2 rings (SSSR count). The Morgan fingerprint density at radius 1 is 1.32 bits per heavy atom. The summed E-state index contributed by atoms with van der Waals surface area (Å²) in [5.41, 5.74) is 2.35. The smallest absolute Gasteiger partial charge is 0.322 e. The van der Waals surface area contributed by atoms with Crippen molar-refractivity contribution in [2.24, 2.45) is 5.84 Å². The molecule has 3 N–H and O–H groups in total. The number of anilines is 2. The van der Waals surface area contributed by atoms with Crippen LogP contribution in [0.1, 0.15) is 6.42 Å². The van der Waals surface area contributed by atoms with Gasteiger partial charge in [-0.3, -0.25) is 10.2 Å². The van der Waals surface area contributed by atoms with Crippen molar-refractivity contribution in [1.82, 2.24) is 19.9 Å². The molecule has 104 valence electrons. The first-order chi connectivity index (χ1) is 9.13. The van der Waals surface area contributed by atoms with Crippen molar-refractivity contribution < 1.29 is 9.53 Å². The van der Waals surface area contributed by atoms with Gasteiger partial charge in [0.2, 0.25) is 17.8 Å². The van der Waals surface area contributed by atoms with E-state index in [-0.39, 0.29) is 24.4 Å². The summed E-state index contributed by atoms with van der Waals surface area (Å²) in [6.45, 7) is 1.64. The molecule has 0 atom stereocenters. The van der Waals surface area contributed by atoms with Crippen molar-refractivity contribution in [3.63, 3.8) is 0 Å². The van der Waals surface area contributed by atoms with Gasteiger partial charge < -0.3 is 14.5 Å². The van der Waals surface area contributed by atoms with Crippen LogP contribution in [-0.4, -0.2) is 59.6 Å². The van der Waals surface area contributed by atoms with Gasteiger partial charge in [0, 0.05) is 20.1 Å². The first-order valence-electron chi connectivity index (χ1n) is 5.89. The summed E-state index contributed by atoms with van der Waals surface area (Å²) < 4.78 is 4.99. The van der Waals surface area contributed by atoms with E-state index in [1.54, 1.807) is 16.8 Å². The number of carbonyl (C=O) groups excluding carboxylic acids is 1. The summed E-state index contributed by atoms with van der Waals surface area (Å²) in [6, 6.07) is 0.156. The average Bonchev–Trinajstić information content (AvgIpc) is 2.60. The molecule has 1 aromatic rings. The van der Waals surface area contributed by atoms with Crippen LogP contribution in [0.3, 0.4) is 0 Å². The maximum atomic E-state index is 11.8. The zero-order valence-electron chi connectivity index (χ0n) is 11.0. The number of hydrogen-bond acceptors (Lipinski definition) is 8. The highest BCUT2D eigenvalue weighted by Gasteiger charge is 2.22. The molecule has 0 spiro atoms. The summed E-state index contributed by atoms with van der Waals surface area (Å²) in [5, 5.41) is 0. The molecule has 0 aromatic carbocycles. The number of ether oxygens (including phenoxy) is 1. The Morgan fingerprint density at radius 3 is 2.79 bits per heavy atom. The van der Waals surface area contributed by atoms with Crippen LogP contribution in [0.2, 0.25) is 0 Å². The van der Waals surface area contributed by atoms with Crippen molar-refractivity contribution in [1.29, 1.82) is 0 Å². The highest BCUT2D eigenvalue weighted by atomic mass is 16.5. The molecule has 1 amide bonds. The van der Waals surface area contributed by atoms with Gasteiger partial charge in [-0.2, -0.15) is 15.0 Å². The summed E-state index contributed by atoms with van der Waals surface area (Å²) in [4.78, 5) is 27.5. The number of amides is 1. The van der Waals surface area contributed by atoms with Gasteiger partial charge in [0.05, 0.1) is 13.7 Å². The molecule has 1 fully saturated rings. The Bertz CT molecular complexity index is 445. The molecule has 9 heteroatoms. The molecular formula is C10H17N7O2. The number of rotatable bonds is 3. The van der Waals surface area contributed by atoms with Crippen LogP contribution < -0.4 is 20.9 Å². The maximum Gasteiger partial charge on any atom is 0.322 e. The fraction of sp³-hybridized carbons (Fsp3) is 0.600. The van der Waals surface area contributed by atoms with Gasteiger partial charge in [-0.05, 0) is 6.42 Å². The Balaban J connectivity index is 2.27. The number of aromatic nitrogens is 3. The second kappa shape index (κ2) is 5.65. The molecule has 9 nitrogen and oxygen atoms in total. The quantitative estimate of drug-likeness (QED) is 0.521. The minimum atomic E-state index is 0.0270. The van der Waals surface area contributed by atoms with Crippen LogP contribution in [0.25, 0.3) is 0 Å². The van der Waals surface area contributed by atoms with Gasteiger partial charge in [-0.25, -0.2) is 5.84 Å². The molecule has 0 unspecified atom stereocenters. The van der Waals surface area contributed by atoms with Crippen molar-refractivity contribution >= 4 is 17.8 Å². The number of nitrogen functional groups attached to an aromatic ring is 1. The topological polar surface area (TPSA) is 109 Å². The second-order valence-corrected chi connectivity index (χ2v) is 4.18. The number of nitrogens with zero attached hydrogens (tertiary/aromatic N) is 5. The maximum absolute atomic E-state index is 11.8. The van der Waals surface area contributed by atoms with Crippen molar-refractivity contribution in [2.45, 2.75) is 6.42 Å². The zero-order valence-corrected chi connectivity index (χ0v) is 11.0. The number of nitrogens with two attached hydrogens (primary N) is 1. The SMILES string of the molecule is COc1nc(NN)nc(N2CCCN(C)C(=O)C2)n1. The first kappa shape index (κ1) is 13.3. The molecule has 0 aliphatic carbocycles. The van der Waals surface area contributed by atoms with E-state index in [4.69, 9.17) is 10.6 Å². The van der Waals surface area contributed by atoms with Crippen molar-refractivity contribution in [3.05, 3.63) is 0 Å². The summed E-state index contributed by atoms with van der Waals surface area (Å²) in [6.07, 6.45) is 0.849. The van der Waals surface area contributed by atoms with Gasteiger partial charge in [0.15, 0.2) is 0 Å². The molecule has 1 aromatic heterocycles. The lowest BCUT2D eigenvalue weighted by Gasteiger charge is -2.20. The van der Waals surface area contributed by atoms with Gasteiger partial charge in [-0.15, -0.1) is 0 Å². The number of carbonyl (C=O) groups is 1. The normalized spacial score (nSPS) is 16.3. The molecule has 1 aliphatic rings. The molecule has 2 heterocycles. The lowest BCUT2D eigenvalue weighted by atomic mass is 10.4. The molecule has 0 radical (unpaired) electrons. The lowest BCUT2D eigenvalue weighted by Crippen LogP contribution is -2.35. The second-order valence-electron chi connectivity index (χ2n) is 4.18. The number of methoxy groups -OCH3 is 1. The third kappa shape index (κ3) is 2.99. The summed E-state index contributed by atoms with van der Waals surface area (Å²) in [5.74, 6) is 5.91. The fourth-order valence-electron chi connectivity index (χ4n) is 1.80.